The van der Waals surface area contributed by atoms with E-state index in [1.54, 1.807) is 42.5 Å². The number of rotatable bonds is 8. The van der Waals surface area contributed by atoms with Gasteiger partial charge in [-0.1, -0.05) is 83.2 Å². The minimum atomic E-state index is -0.884. The number of carboxylic acids is 1. The molecule has 6 nitrogen and oxygen atoms in total. The van der Waals surface area contributed by atoms with Gasteiger partial charge in [0.25, 0.3) is 0 Å². The average molecular weight is 444 g/mol. The lowest BCUT2D eigenvalue weighted by atomic mass is 10.1. The molecule has 178 valence electrons. The molecule has 3 N–H and O–H groups in total. The molecule has 2 aromatic rings. The van der Waals surface area contributed by atoms with Gasteiger partial charge in [0.05, 0.1) is 11.8 Å². The lowest BCUT2D eigenvalue weighted by molar-refractivity contribution is -0.137. The molecule has 2 rings (SSSR count). The van der Waals surface area contributed by atoms with E-state index in [-0.39, 0.29) is 6.54 Å². The fourth-order valence-electron chi connectivity index (χ4n) is 2.11. The quantitative estimate of drug-likeness (QED) is 0.424. The smallest absolute Gasteiger partial charge is 0.323 e. The van der Waals surface area contributed by atoms with Crippen LogP contribution in [0.5, 0.6) is 0 Å². The van der Waals surface area contributed by atoms with Gasteiger partial charge in [0, 0.05) is 23.7 Å². The summed E-state index contributed by atoms with van der Waals surface area (Å²) in [6, 6.07) is 12.2. The van der Waals surface area contributed by atoms with E-state index < -0.39 is 12.1 Å². The summed E-state index contributed by atoms with van der Waals surface area (Å²) >= 11 is 0. The van der Waals surface area contributed by atoms with E-state index >= 15 is 0 Å². The number of aromatic amines is 1. The number of allylic oxidation sites excluding steroid dienone is 3. The Morgan fingerprint density at radius 2 is 1.75 bits per heavy atom. The fourth-order valence-corrected chi connectivity index (χ4v) is 2.11. The van der Waals surface area contributed by atoms with Crippen molar-refractivity contribution in [3.8, 4) is 11.3 Å². The topological polar surface area (TPSA) is 89.4 Å². The van der Waals surface area contributed by atoms with Gasteiger partial charge in [0.1, 0.15) is 6.54 Å². The molecule has 1 aromatic heterocycles. The standard InChI is InChI=1S/C12H19NO3.C10H10N2.2C2H6/c1-3-4-8-13(10-12(15)16)9-6-5-7-11(2)14;1-8-7-10(12-11-8)9-5-3-2-4-6-9;2*1-2/h4-9,11,14H,3,10H2,1-2H3,(H,15,16);2-7H,1H3,(H,11,12);2*1-2H3/b7-5+,8-4+,9-6-;;;. The second-order valence-electron chi connectivity index (χ2n) is 6.13. The van der Waals surface area contributed by atoms with Crippen LogP contribution in [0.2, 0.25) is 0 Å². The Hall–Kier alpha value is -3.12. The highest BCUT2D eigenvalue weighted by molar-refractivity contribution is 5.69. The van der Waals surface area contributed by atoms with Gasteiger partial charge < -0.3 is 15.1 Å². The van der Waals surface area contributed by atoms with Crippen molar-refractivity contribution in [1.82, 2.24) is 15.1 Å². The summed E-state index contributed by atoms with van der Waals surface area (Å²) in [4.78, 5) is 12.1. The Labute approximate surface area is 194 Å². The maximum atomic E-state index is 10.5. The average Bonchev–Trinajstić information content (AvgIpc) is 3.24. The third-order valence-electron chi connectivity index (χ3n) is 3.40. The van der Waals surface area contributed by atoms with E-state index in [1.165, 1.54) is 0 Å². The lowest BCUT2D eigenvalue weighted by Gasteiger charge is -2.11. The third kappa shape index (κ3) is 16.7. The third-order valence-corrected chi connectivity index (χ3v) is 3.40. The van der Waals surface area contributed by atoms with Crippen LogP contribution in [-0.4, -0.2) is 43.9 Å². The van der Waals surface area contributed by atoms with Gasteiger partial charge in [0.15, 0.2) is 0 Å². The predicted octanol–water partition coefficient (Wildman–Crippen LogP) is 6.18. The first-order valence-corrected chi connectivity index (χ1v) is 11.2. The van der Waals surface area contributed by atoms with E-state index in [1.807, 2.05) is 71.9 Å². The second kappa shape index (κ2) is 21.1. The van der Waals surface area contributed by atoms with Crippen molar-refractivity contribution >= 4 is 5.97 Å². The van der Waals surface area contributed by atoms with Crippen LogP contribution in [0, 0.1) is 6.92 Å². The van der Waals surface area contributed by atoms with Gasteiger partial charge in [-0.15, -0.1) is 0 Å². The first-order chi connectivity index (χ1) is 15.4. The minimum Gasteiger partial charge on any atom is -0.480 e. The van der Waals surface area contributed by atoms with Crippen molar-refractivity contribution < 1.29 is 15.0 Å². The molecule has 0 radical (unpaired) electrons. The SMILES string of the molecule is CC.CC.CC/C=C/N(/C=C\C=C\C(C)O)CC(=O)O.Cc1cc(-c2ccccc2)n[nH]1. The Bertz CT molecular complexity index is 779. The summed E-state index contributed by atoms with van der Waals surface area (Å²) < 4.78 is 0. The molecule has 0 aliphatic rings. The number of benzene rings is 1. The molecular weight excluding hydrogens is 402 g/mol. The van der Waals surface area contributed by atoms with Crippen molar-refractivity contribution in [2.75, 3.05) is 6.54 Å². The number of hydrogen-bond donors (Lipinski definition) is 3. The van der Waals surface area contributed by atoms with Crippen LogP contribution in [0.3, 0.4) is 0 Å². The summed E-state index contributed by atoms with van der Waals surface area (Å²) in [6.45, 7) is 13.6. The van der Waals surface area contributed by atoms with Crippen LogP contribution < -0.4 is 0 Å². The van der Waals surface area contributed by atoms with E-state index in [0.29, 0.717) is 0 Å². The van der Waals surface area contributed by atoms with Crippen LogP contribution in [0.15, 0.2) is 73.1 Å². The number of carboxylic acid groups (broad SMARTS) is 1. The fraction of sp³-hybridized carbons (Fsp3) is 0.385. The highest BCUT2D eigenvalue weighted by Crippen LogP contribution is 2.15. The molecular formula is C26H41N3O3. The minimum absolute atomic E-state index is 0.0739. The Morgan fingerprint density at radius 3 is 2.22 bits per heavy atom. The highest BCUT2D eigenvalue weighted by atomic mass is 16.4. The number of carbonyl (C=O) groups is 1. The summed E-state index contributed by atoms with van der Waals surface area (Å²) in [5.74, 6) is -0.884. The number of nitrogens with one attached hydrogen (secondary N) is 1. The normalized spacial score (nSPS) is 11.1. The van der Waals surface area contributed by atoms with E-state index in [4.69, 9.17) is 10.2 Å². The Kier molecular flexibility index (Phi) is 20.5. The van der Waals surface area contributed by atoms with Gasteiger partial charge in [-0.3, -0.25) is 9.89 Å². The first-order valence-electron chi connectivity index (χ1n) is 11.2. The second-order valence-corrected chi connectivity index (χ2v) is 6.13. The number of aromatic nitrogens is 2. The van der Waals surface area contributed by atoms with E-state index in [2.05, 4.69) is 22.3 Å². The van der Waals surface area contributed by atoms with E-state index in [0.717, 1.165) is 23.4 Å². The van der Waals surface area contributed by atoms with Gasteiger partial charge in [-0.05, 0) is 32.4 Å². The number of aliphatic hydroxyl groups is 1. The molecule has 1 unspecified atom stereocenters. The number of aliphatic hydroxyl groups excluding tert-OH is 1. The lowest BCUT2D eigenvalue weighted by Crippen LogP contribution is -2.19. The first kappa shape index (κ1) is 31.1. The molecule has 0 spiro atoms. The van der Waals surface area contributed by atoms with Crippen LogP contribution in [-0.2, 0) is 4.79 Å². The van der Waals surface area contributed by atoms with Crippen molar-refractivity contribution in [2.24, 2.45) is 0 Å². The summed E-state index contributed by atoms with van der Waals surface area (Å²) in [5.41, 5.74) is 3.25. The van der Waals surface area contributed by atoms with Crippen molar-refractivity contribution in [3.63, 3.8) is 0 Å². The summed E-state index contributed by atoms with van der Waals surface area (Å²) in [5, 5.41) is 24.7. The number of hydrogen-bond acceptors (Lipinski definition) is 4. The molecule has 0 saturated heterocycles. The maximum Gasteiger partial charge on any atom is 0.323 e. The number of H-pyrrole nitrogens is 1. The molecule has 0 bridgehead atoms. The van der Waals surface area contributed by atoms with Gasteiger partial charge in [0.2, 0.25) is 0 Å². The zero-order valence-corrected chi connectivity index (χ0v) is 20.6. The zero-order valence-electron chi connectivity index (χ0n) is 20.6. The maximum absolute atomic E-state index is 10.5. The highest BCUT2D eigenvalue weighted by Gasteiger charge is 2.00. The molecule has 1 aromatic carbocycles. The monoisotopic (exact) mass is 443 g/mol. The predicted molar refractivity (Wildman–Crippen MR) is 135 cm³/mol. The molecule has 32 heavy (non-hydrogen) atoms. The van der Waals surface area contributed by atoms with Crippen LogP contribution in [0.25, 0.3) is 11.3 Å². The molecule has 0 fully saturated rings. The number of aryl methyl sites for hydroxylation is 1. The van der Waals surface area contributed by atoms with Gasteiger partial charge >= 0.3 is 5.97 Å². The summed E-state index contributed by atoms with van der Waals surface area (Å²) in [6.07, 6.45) is 10.6. The Balaban J connectivity index is 0. The largest absolute Gasteiger partial charge is 0.480 e. The van der Waals surface area contributed by atoms with Crippen LogP contribution in [0.1, 0.15) is 53.7 Å². The molecule has 0 amide bonds. The van der Waals surface area contributed by atoms with Gasteiger partial charge in [-0.25, -0.2) is 0 Å². The van der Waals surface area contributed by atoms with Gasteiger partial charge in [-0.2, -0.15) is 5.10 Å². The molecule has 0 aliphatic carbocycles. The Morgan fingerprint density at radius 1 is 1.12 bits per heavy atom. The van der Waals surface area contributed by atoms with E-state index in [9.17, 15) is 4.79 Å². The van der Waals surface area contributed by atoms with Crippen molar-refractivity contribution in [2.45, 2.75) is 61.0 Å². The number of nitrogens with zero attached hydrogens (tertiary/aromatic N) is 2. The molecule has 0 saturated carbocycles. The molecule has 1 heterocycles. The zero-order chi connectivity index (χ0) is 24.8. The van der Waals surface area contributed by atoms with Crippen molar-refractivity contribution in [3.05, 3.63) is 78.8 Å². The number of aliphatic carboxylic acids is 1. The summed E-state index contributed by atoms with van der Waals surface area (Å²) in [7, 11) is 0. The molecule has 1 atom stereocenters. The molecule has 6 heteroatoms. The van der Waals surface area contributed by atoms with Crippen LogP contribution >= 0.6 is 0 Å². The van der Waals surface area contributed by atoms with Crippen LogP contribution in [0.4, 0.5) is 0 Å². The molecule has 0 aliphatic heterocycles. The van der Waals surface area contributed by atoms with Crippen molar-refractivity contribution in [1.29, 1.82) is 0 Å².